The fourth-order valence-electron chi connectivity index (χ4n) is 5.70. The van der Waals surface area contributed by atoms with Gasteiger partial charge in [0.05, 0.1) is 0 Å². The molecular formula is C28H45NO4. The molecule has 0 spiro atoms. The van der Waals surface area contributed by atoms with E-state index in [0.29, 0.717) is 12.0 Å². The summed E-state index contributed by atoms with van der Waals surface area (Å²) in [5.74, 6) is 1.46. The number of piperidine rings is 1. The molecule has 1 saturated heterocycles. The van der Waals surface area contributed by atoms with Gasteiger partial charge in [0.15, 0.2) is 11.5 Å². The van der Waals surface area contributed by atoms with Gasteiger partial charge in [0, 0.05) is 37.3 Å². The number of hydrogen-bond acceptors (Lipinski definition) is 5. The Kier molecular flexibility index (Phi) is 12.5. The van der Waals surface area contributed by atoms with E-state index in [1.807, 2.05) is 6.07 Å². The molecule has 1 aliphatic heterocycles. The fraction of sp³-hybridized carbons (Fsp3) is 0.679. The maximum atomic E-state index is 11.0. The molecule has 0 aromatic heterocycles. The predicted octanol–water partition coefficient (Wildman–Crippen LogP) is 5.31. The minimum Gasteiger partial charge on any atom is -0.504 e. The lowest BCUT2D eigenvalue weighted by atomic mass is 9.59. The van der Waals surface area contributed by atoms with Crippen LogP contribution in [0, 0.1) is 24.7 Å². The van der Waals surface area contributed by atoms with Crippen molar-refractivity contribution < 1.29 is 19.7 Å². The first kappa shape index (κ1) is 29.0. The Bertz CT molecular complexity index is 743. The highest BCUT2D eigenvalue weighted by molar-refractivity contribution is 5.53. The van der Waals surface area contributed by atoms with Crippen molar-refractivity contribution in [2.75, 3.05) is 26.8 Å². The predicted molar refractivity (Wildman–Crippen MR) is 136 cm³/mol. The number of phenolic OH excluding ortho intramolecular Hbond substituents is 2. The SMILES string of the molecule is C#C.CC=O.CCc1ccc(O)c(O)c1C1(CC)CCN(CC2CC2)C(C)C1CCCOC. The zero-order valence-corrected chi connectivity index (χ0v) is 21.3. The average Bonchev–Trinajstić information content (AvgIpc) is 3.64. The number of nitrogens with zero attached hydrogens (tertiary/aromatic N) is 1. The van der Waals surface area contributed by atoms with Crippen molar-refractivity contribution in [1.29, 1.82) is 0 Å². The summed E-state index contributed by atoms with van der Waals surface area (Å²) < 4.78 is 5.36. The Morgan fingerprint density at radius 1 is 1.24 bits per heavy atom. The molecule has 186 valence electrons. The topological polar surface area (TPSA) is 70.0 Å². The molecule has 3 rings (SSSR count). The van der Waals surface area contributed by atoms with E-state index in [1.165, 1.54) is 31.9 Å². The van der Waals surface area contributed by atoms with E-state index in [9.17, 15) is 10.2 Å². The van der Waals surface area contributed by atoms with Crippen LogP contribution < -0.4 is 0 Å². The number of rotatable bonds is 9. The van der Waals surface area contributed by atoms with E-state index in [4.69, 9.17) is 9.53 Å². The normalized spacial score (nSPS) is 24.7. The van der Waals surface area contributed by atoms with Crippen molar-refractivity contribution in [3.05, 3.63) is 23.3 Å². The third-order valence-electron chi connectivity index (χ3n) is 7.52. The number of carbonyl (C=O) groups excluding carboxylic acids is 1. The number of aryl methyl sites for hydroxylation is 1. The Labute approximate surface area is 201 Å². The quantitative estimate of drug-likeness (QED) is 0.227. The minimum atomic E-state index is -0.0959. The molecule has 0 amide bonds. The third-order valence-corrected chi connectivity index (χ3v) is 7.52. The highest BCUT2D eigenvalue weighted by Crippen LogP contribution is 2.53. The van der Waals surface area contributed by atoms with Crippen LogP contribution in [-0.2, 0) is 21.4 Å². The number of carbonyl (C=O) groups is 1. The first-order valence-electron chi connectivity index (χ1n) is 12.4. The summed E-state index contributed by atoms with van der Waals surface area (Å²) in [6.07, 6.45) is 16.5. The summed E-state index contributed by atoms with van der Waals surface area (Å²) in [5, 5.41) is 21.3. The van der Waals surface area contributed by atoms with E-state index in [-0.39, 0.29) is 16.9 Å². The highest BCUT2D eigenvalue weighted by atomic mass is 16.5. The molecule has 5 nitrogen and oxygen atoms in total. The summed E-state index contributed by atoms with van der Waals surface area (Å²) in [6, 6.07) is 4.12. The van der Waals surface area contributed by atoms with E-state index < -0.39 is 0 Å². The standard InChI is InChI=1S/C24H39NO3.C2H4O.C2H2/c1-5-19-11-12-21(26)23(27)22(19)24(6-2)13-14-25(16-18-9-10-18)17(3)20(24)8-7-15-28-4;1-2-3;1-2/h11-12,17-18,20,26-27H,5-10,13-16H2,1-4H3;2H,1H3;1-2H. The summed E-state index contributed by atoms with van der Waals surface area (Å²) in [7, 11) is 1.77. The summed E-state index contributed by atoms with van der Waals surface area (Å²) >= 11 is 0. The van der Waals surface area contributed by atoms with Crippen LogP contribution in [0.25, 0.3) is 0 Å². The third kappa shape index (κ3) is 6.98. The molecule has 2 aliphatic rings. The molecule has 2 N–H and O–H groups in total. The summed E-state index contributed by atoms with van der Waals surface area (Å²) in [5.41, 5.74) is 2.09. The maximum absolute atomic E-state index is 11.0. The molecule has 1 saturated carbocycles. The van der Waals surface area contributed by atoms with Gasteiger partial charge < -0.3 is 24.6 Å². The van der Waals surface area contributed by atoms with Gasteiger partial charge in [-0.3, -0.25) is 0 Å². The van der Waals surface area contributed by atoms with Crippen molar-refractivity contribution in [3.63, 3.8) is 0 Å². The smallest absolute Gasteiger partial charge is 0.161 e. The number of hydrogen-bond donors (Lipinski definition) is 2. The van der Waals surface area contributed by atoms with Crippen LogP contribution in [0.2, 0.25) is 0 Å². The number of terminal acetylenes is 1. The lowest BCUT2D eigenvalue weighted by Crippen LogP contribution is -2.55. The molecule has 0 radical (unpaired) electrons. The molecule has 3 unspecified atom stereocenters. The van der Waals surface area contributed by atoms with Crippen LogP contribution >= 0.6 is 0 Å². The largest absolute Gasteiger partial charge is 0.504 e. The van der Waals surface area contributed by atoms with Crippen molar-refractivity contribution in [3.8, 4) is 24.3 Å². The van der Waals surface area contributed by atoms with E-state index >= 15 is 0 Å². The van der Waals surface area contributed by atoms with Gasteiger partial charge in [0.1, 0.15) is 6.29 Å². The second kappa shape index (κ2) is 14.3. The van der Waals surface area contributed by atoms with Crippen LogP contribution in [0.1, 0.15) is 77.3 Å². The van der Waals surface area contributed by atoms with Crippen molar-refractivity contribution in [2.24, 2.45) is 11.8 Å². The van der Waals surface area contributed by atoms with Crippen molar-refractivity contribution in [1.82, 2.24) is 4.90 Å². The van der Waals surface area contributed by atoms with Gasteiger partial charge in [-0.15, -0.1) is 12.8 Å². The molecular weight excluding hydrogens is 414 g/mol. The Morgan fingerprint density at radius 3 is 2.39 bits per heavy atom. The number of ether oxygens (including phenoxy) is 1. The molecule has 1 heterocycles. The number of benzene rings is 1. The molecule has 1 aromatic rings. The van der Waals surface area contributed by atoms with Crippen LogP contribution in [0.15, 0.2) is 12.1 Å². The lowest BCUT2D eigenvalue weighted by Gasteiger charge is -2.53. The van der Waals surface area contributed by atoms with Crippen LogP contribution in [0.4, 0.5) is 0 Å². The van der Waals surface area contributed by atoms with Crippen LogP contribution in [-0.4, -0.2) is 54.2 Å². The zero-order valence-electron chi connectivity index (χ0n) is 21.3. The van der Waals surface area contributed by atoms with Gasteiger partial charge >= 0.3 is 0 Å². The van der Waals surface area contributed by atoms with Crippen LogP contribution in [0.3, 0.4) is 0 Å². The zero-order chi connectivity index (χ0) is 25.0. The molecule has 1 aromatic carbocycles. The lowest BCUT2D eigenvalue weighted by molar-refractivity contribution is -0.106. The summed E-state index contributed by atoms with van der Waals surface area (Å²) in [6.45, 7) is 11.3. The Morgan fingerprint density at radius 2 is 1.88 bits per heavy atom. The van der Waals surface area contributed by atoms with Gasteiger partial charge in [-0.25, -0.2) is 0 Å². The number of phenols is 2. The van der Waals surface area contributed by atoms with Gasteiger partial charge in [-0.05, 0) is 88.8 Å². The Balaban J connectivity index is 0.00000101. The van der Waals surface area contributed by atoms with Crippen LogP contribution in [0.5, 0.6) is 11.5 Å². The molecule has 3 atom stereocenters. The number of methoxy groups -OCH3 is 1. The first-order valence-corrected chi connectivity index (χ1v) is 12.4. The molecule has 5 heteroatoms. The van der Waals surface area contributed by atoms with Crippen molar-refractivity contribution >= 4 is 6.29 Å². The monoisotopic (exact) mass is 459 g/mol. The first-order chi connectivity index (χ1) is 15.9. The molecule has 33 heavy (non-hydrogen) atoms. The second-order valence-corrected chi connectivity index (χ2v) is 9.24. The van der Waals surface area contributed by atoms with Gasteiger partial charge in [-0.1, -0.05) is 19.9 Å². The number of likely N-dealkylation sites (tertiary alicyclic amines) is 1. The van der Waals surface area contributed by atoms with Crippen molar-refractivity contribution in [2.45, 2.75) is 84.1 Å². The summed E-state index contributed by atoms with van der Waals surface area (Å²) in [4.78, 5) is 11.5. The van der Waals surface area contributed by atoms with E-state index in [1.54, 1.807) is 13.2 Å². The highest BCUT2D eigenvalue weighted by Gasteiger charge is 2.49. The average molecular weight is 460 g/mol. The number of aromatic hydroxyl groups is 2. The van der Waals surface area contributed by atoms with E-state index in [0.717, 1.165) is 63.0 Å². The number of aldehydes is 1. The fourth-order valence-corrected chi connectivity index (χ4v) is 5.70. The maximum Gasteiger partial charge on any atom is 0.161 e. The van der Waals surface area contributed by atoms with Gasteiger partial charge in [-0.2, -0.15) is 0 Å². The molecule has 2 fully saturated rings. The minimum absolute atomic E-state index is 0.0173. The molecule has 1 aliphatic carbocycles. The molecule has 0 bridgehead atoms. The second-order valence-electron chi connectivity index (χ2n) is 9.24. The van der Waals surface area contributed by atoms with Gasteiger partial charge in [0.2, 0.25) is 0 Å². The Hall–Kier alpha value is -2.03. The van der Waals surface area contributed by atoms with Gasteiger partial charge in [0.25, 0.3) is 0 Å². The van der Waals surface area contributed by atoms with E-state index in [2.05, 4.69) is 38.5 Å².